The molecule has 0 spiro atoms. The molecule has 4 heteroatoms. The third-order valence-electron chi connectivity index (χ3n) is 11.3. The van der Waals surface area contributed by atoms with Crippen LogP contribution in [-0.2, 0) is 10.8 Å². The van der Waals surface area contributed by atoms with Gasteiger partial charge in [-0.1, -0.05) is 143 Å². The van der Waals surface area contributed by atoms with Crippen LogP contribution in [0, 0.1) is 0 Å². The number of nitrogens with zero attached hydrogens (tertiary/aromatic N) is 3. The molecule has 2 heterocycles. The second-order valence-electron chi connectivity index (χ2n) is 14.8. The Balaban J connectivity index is 1.15. The molecule has 0 saturated carbocycles. The number of fused-ring (bicyclic) bond motifs is 6. The van der Waals surface area contributed by atoms with Crippen molar-refractivity contribution in [2.75, 3.05) is 7.05 Å². The number of aromatic nitrogens is 1. The molecule has 6 aromatic rings. The Bertz CT molecular complexity index is 2280. The summed E-state index contributed by atoms with van der Waals surface area (Å²) >= 11 is 0. The van der Waals surface area contributed by atoms with Crippen molar-refractivity contribution in [1.29, 1.82) is 0 Å². The van der Waals surface area contributed by atoms with Crippen LogP contribution in [-0.4, -0.2) is 22.8 Å². The van der Waals surface area contributed by atoms with Gasteiger partial charge in [0.15, 0.2) is 0 Å². The molecule has 0 amide bonds. The van der Waals surface area contributed by atoms with E-state index in [1.165, 1.54) is 55.6 Å². The van der Waals surface area contributed by atoms with Crippen LogP contribution in [0.1, 0.15) is 79.0 Å². The van der Waals surface area contributed by atoms with Gasteiger partial charge >= 0.3 is 0 Å². The minimum absolute atomic E-state index is 0.0760. The van der Waals surface area contributed by atoms with Gasteiger partial charge in [-0.2, -0.15) is 0 Å². The van der Waals surface area contributed by atoms with E-state index in [2.05, 4.69) is 159 Å². The van der Waals surface area contributed by atoms with Crippen molar-refractivity contribution in [3.63, 3.8) is 0 Å². The van der Waals surface area contributed by atoms with Crippen LogP contribution in [0.4, 0.5) is 0 Å². The van der Waals surface area contributed by atoms with Gasteiger partial charge in [-0.3, -0.25) is 9.88 Å². The lowest BCUT2D eigenvalue weighted by Gasteiger charge is -2.40. The number of hydrogen-bond donors (Lipinski definition) is 1. The van der Waals surface area contributed by atoms with E-state index in [9.17, 15) is 0 Å². The topological polar surface area (TPSA) is 40.5 Å². The number of pyridine rings is 1. The summed E-state index contributed by atoms with van der Waals surface area (Å²) in [4.78, 5) is 12.4. The average Bonchev–Trinajstić information content (AvgIpc) is 3.51. The monoisotopic (exact) mass is 636 g/mol. The number of benzene rings is 5. The second-order valence-corrected chi connectivity index (χ2v) is 14.8. The lowest BCUT2D eigenvalue weighted by molar-refractivity contribution is 0.152. The van der Waals surface area contributed by atoms with Crippen molar-refractivity contribution in [3.05, 3.63) is 173 Å². The van der Waals surface area contributed by atoms with Crippen molar-refractivity contribution in [3.8, 4) is 33.5 Å². The Labute approximate surface area is 289 Å². The van der Waals surface area contributed by atoms with Crippen molar-refractivity contribution < 1.29 is 0 Å². The normalized spacial score (nSPS) is 19.7. The highest BCUT2D eigenvalue weighted by molar-refractivity contribution is 6.00. The van der Waals surface area contributed by atoms with Crippen LogP contribution in [0.5, 0.6) is 0 Å². The average molecular weight is 637 g/mol. The smallest absolute Gasteiger partial charge is 0.132 e. The number of nitrogens with one attached hydrogen (secondary N) is 1. The van der Waals surface area contributed by atoms with E-state index in [-0.39, 0.29) is 23.2 Å². The molecule has 5 aromatic carbocycles. The molecule has 1 N–H and O–H groups in total. The van der Waals surface area contributed by atoms with Gasteiger partial charge in [-0.15, -0.1) is 0 Å². The number of aliphatic imine (C=N–C) groups is 1. The van der Waals surface area contributed by atoms with E-state index in [4.69, 9.17) is 4.99 Å². The molecule has 2 aliphatic carbocycles. The molecule has 0 fully saturated rings. The number of hydrogen-bond acceptors (Lipinski definition) is 4. The molecular formula is C45H40N4. The molecule has 2 atom stereocenters. The number of rotatable bonds is 4. The fraction of sp³-hybridized carbons (Fsp3) is 0.200. The minimum atomic E-state index is -0.181. The second kappa shape index (κ2) is 10.8. The maximum absolute atomic E-state index is 5.45. The van der Waals surface area contributed by atoms with Crippen LogP contribution in [0.2, 0.25) is 0 Å². The van der Waals surface area contributed by atoms with E-state index in [1.807, 2.05) is 24.4 Å². The predicted molar refractivity (Wildman–Crippen MR) is 201 cm³/mol. The molecule has 9 rings (SSSR count). The molecule has 240 valence electrons. The largest absolute Gasteiger partial charge is 0.350 e. The summed E-state index contributed by atoms with van der Waals surface area (Å²) in [5.41, 5.74) is 16.2. The summed E-state index contributed by atoms with van der Waals surface area (Å²) in [6, 6.07) is 46.4. The first-order valence-corrected chi connectivity index (χ1v) is 17.3. The van der Waals surface area contributed by atoms with Gasteiger partial charge in [0.25, 0.3) is 0 Å². The van der Waals surface area contributed by atoms with Gasteiger partial charge in [0.05, 0.1) is 5.69 Å². The van der Waals surface area contributed by atoms with E-state index < -0.39 is 0 Å². The van der Waals surface area contributed by atoms with E-state index >= 15 is 0 Å². The summed E-state index contributed by atoms with van der Waals surface area (Å²) in [7, 11) is 2.20. The Hall–Kier alpha value is -5.32. The van der Waals surface area contributed by atoms with Gasteiger partial charge in [0.2, 0.25) is 0 Å². The lowest BCUT2D eigenvalue weighted by atomic mass is 9.81. The van der Waals surface area contributed by atoms with Crippen LogP contribution >= 0.6 is 0 Å². The zero-order valence-electron chi connectivity index (χ0n) is 28.7. The predicted octanol–water partition coefficient (Wildman–Crippen LogP) is 10.0. The third-order valence-corrected chi connectivity index (χ3v) is 11.3. The Morgan fingerprint density at radius 2 is 1.08 bits per heavy atom. The quantitative estimate of drug-likeness (QED) is 0.209. The summed E-state index contributed by atoms with van der Waals surface area (Å²) < 4.78 is 0. The van der Waals surface area contributed by atoms with Crippen molar-refractivity contribution in [2.45, 2.75) is 50.9 Å². The molecule has 2 unspecified atom stereocenters. The summed E-state index contributed by atoms with van der Waals surface area (Å²) in [5, 5.41) is 3.88. The highest BCUT2D eigenvalue weighted by Gasteiger charge is 2.39. The summed E-state index contributed by atoms with van der Waals surface area (Å²) in [6.07, 6.45) is 1.57. The third kappa shape index (κ3) is 4.54. The number of amidine groups is 1. The molecule has 49 heavy (non-hydrogen) atoms. The van der Waals surface area contributed by atoms with Crippen LogP contribution in [0.3, 0.4) is 0 Å². The Kier molecular flexibility index (Phi) is 6.59. The van der Waals surface area contributed by atoms with Gasteiger partial charge in [-0.25, -0.2) is 4.99 Å². The van der Waals surface area contributed by atoms with E-state index in [0.29, 0.717) is 0 Å². The zero-order chi connectivity index (χ0) is 33.5. The zero-order valence-corrected chi connectivity index (χ0v) is 28.7. The van der Waals surface area contributed by atoms with Crippen LogP contribution in [0.15, 0.2) is 139 Å². The first-order valence-electron chi connectivity index (χ1n) is 17.3. The van der Waals surface area contributed by atoms with Crippen molar-refractivity contribution >= 4 is 5.84 Å². The van der Waals surface area contributed by atoms with Crippen LogP contribution in [0.25, 0.3) is 33.5 Å². The van der Waals surface area contributed by atoms with Crippen LogP contribution < -0.4 is 5.32 Å². The fourth-order valence-electron chi connectivity index (χ4n) is 8.52. The van der Waals surface area contributed by atoms with Gasteiger partial charge in [0.1, 0.15) is 18.2 Å². The fourth-order valence-corrected chi connectivity index (χ4v) is 8.52. The lowest BCUT2D eigenvalue weighted by Crippen LogP contribution is -2.46. The van der Waals surface area contributed by atoms with E-state index in [1.54, 1.807) is 0 Å². The first-order chi connectivity index (χ1) is 23.7. The SMILES string of the molecule is CN1C(c2ccc3c(c2)C(C)(C)c2ccccc2-3)N=C(c2ccc(-c3ccccn3)cc2)NC1c1ccc2c(c1)C(C)(C)c1ccccc1-2. The standard InChI is InChI=1S/C45H40N4/c1-44(2)36-14-8-6-12-32(36)34-23-21-30(26-38(34)44)42-47-41(29-19-17-28(18-20-29)40-16-10-11-25-46-40)48-43(49(42)5)31-22-24-35-33-13-7-9-15-37(33)45(3,4)39(35)27-31/h6-27,42-43H,1-5H3,(H,47,48). The molecular weight excluding hydrogens is 597 g/mol. The van der Waals surface area contributed by atoms with E-state index in [0.717, 1.165) is 22.7 Å². The molecule has 1 aromatic heterocycles. The Morgan fingerprint density at radius 3 is 1.69 bits per heavy atom. The molecule has 0 saturated heterocycles. The molecule has 3 aliphatic rings. The Morgan fingerprint density at radius 1 is 0.551 bits per heavy atom. The molecule has 0 radical (unpaired) electrons. The highest BCUT2D eigenvalue weighted by atomic mass is 15.4. The maximum atomic E-state index is 5.45. The van der Waals surface area contributed by atoms with Crippen molar-refractivity contribution in [2.24, 2.45) is 4.99 Å². The van der Waals surface area contributed by atoms with Crippen molar-refractivity contribution in [1.82, 2.24) is 15.2 Å². The highest BCUT2D eigenvalue weighted by Crippen LogP contribution is 2.51. The summed E-state index contributed by atoms with van der Waals surface area (Å²) in [6.45, 7) is 9.39. The summed E-state index contributed by atoms with van der Waals surface area (Å²) in [5.74, 6) is 0.895. The maximum Gasteiger partial charge on any atom is 0.132 e. The first kappa shape index (κ1) is 29.8. The molecule has 1 aliphatic heterocycles. The minimum Gasteiger partial charge on any atom is -0.350 e. The van der Waals surface area contributed by atoms with Gasteiger partial charge in [-0.05, 0) is 74.8 Å². The van der Waals surface area contributed by atoms with Gasteiger partial charge < -0.3 is 5.32 Å². The molecule has 4 nitrogen and oxygen atoms in total. The molecule has 0 bridgehead atoms. The van der Waals surface area contributed by atoms with Gasteiger partial charge in [0, 0.05) is 28.2 Å².